The molecule has 1 aliphatic rings. The monoisotopic (exact) mass is 194 g/mol. The third-order valence-corrected chi connectivity index (χ3v) is 3.79. The van der Waals surface area contributed by atoms with Crippen LogP contribution in [-0.2, 0) is 0 Å². The molecule has 2 unspecified atom stereocenters. The van der Waals surface area contributed by atoms with E-state index in [9.17, 15) is 0 Å². The van der Waals surface area contributed by atoms with Gasteiger partial charge in [-0.05, 0) is 30.1 Å². The first-order chi connectivity index (χ1) is 6.58. The molecule has 14 heavy (non-hydrogen) atoms. The summed E-state index contributed by atoms with van der Waals surface area (Å²) in [4.78, 5) is 0. The Kier molecular flexibility index (Phi) is 4.22. The largest absolute Gasteiger partial charge is 0.0882 e. The second-order valence-electron chi connectivity index (χ2n) is 5.60. The average Bonchev–Trinajstić information content (AvgIpc) is 2.09. The van der Waals surface area contributed by atoms with Crippen molar-refractivity contribution in [3.63, 3.8) is 0 Å². The number of allylic oxidation sites excluding steroid dienone is 2. The molecular formula is C14H26. The number of hydrogen-bond donors (Lipinski definition) is 0. The summed E-state index contributed by atoms with van der Waals surface area (Å²) in [5.41, 5.74) is 0.530. The third kappa shape index (κ3) is 2.87. The Labute approximate surface area is 89.8 Å². The van der Waals surface area contributed by atoms with Crippen molar-refractivity contribution in [3.8, 4) is 0 Å². The number of unbranched alkanes of at least 4 members (excludes halogenated alkanes) is 1. The molecule has 0 aromatic rings. The lowest BCUT2D eigenvalue weighted by atomic mass is 9.64. The normalized spacial score (nSPS) is 32.3. The van der Waals surface area contributed by atoms with E-state index in [0.717, 1.165) is 11.8 Å². The maximum atomic E-state index is 2.49. The van der Waals surface area contributed by atoms with Crippen molar-refractivity contribution in [1.82, 2.24) is 0 Å². The summed E-state index contributed by atoms with van der Waals surface area (Å²) in [6, 6.07) is 0. The fraction of sp³-hybridized carbons (Fsp3) is 0.857. The van der Waals surface area contributed by atoms with Gasteiger partial charge in [-0.15, -0.1) is 0 Å². The van der Waals surface area contributed by atoms with Crippen molar-refractivity contribution in [1.29, 1.82) is 0 Å². The predicted molar refractivity (Wildman–Crippen MR) is 64.3 cm³/mol. The topological polar surface area (TPSA) is 0 Å². The summed E-state index contributed by atoms with van der Waals surface area (Å²) < 4.78 is 0. The Morgan fingerprint density at radius 3 is 2.64 bits per heavy atom. The summed E-state index contributed by atoms with van der Waals surface area (Å²) in [7, 11) is 0. The summed E-state index contributed by atoms with van der Waals surface area (Å²) >= 11 is 0. The quantitative estimate of drug-likeness (QED) is 0.566. The molecule has 1 aliphatic carbocycles. The molecule has 0 heterocycles. The highest BCUT2D eigenvalue weighted by Crippen LogP contribution is 2.44. The van der Waals surface area contributed by atoms with Crippen LogP contribution in [0.15, 0.2) is 12.2 Å². The molecule has 0 bridgehead atoms. The lowest BCUT2D eigenvalue weighted by molar-refractivity contribution is 0.122. The molecule has 0 amide bonds. The number of hydrogen-bond acceptors (Lipinski definition) is 0. The van der Waals surface area contributed by atoms with Gasteiger partial charge in [0.2, 0.25) is 0 Å². The van der Waals surface area contributed by atoms with Gasteiger partial charge in [-0.1, -0.05) is 59.1 Å². The zero-order valence-corrected chi connectivity index (χ0v) is 10.3. The minimum absolute atomic E-state index is 0.530. The minimum Gasteiger partial charge on any atom is -0.0882 e. The van der Waals surface area contributed by atoms with Gasteiger partial charge in [0.1, 0.15) is 0 Å². The first-order valence-electron chi connectivity index (χ1n) is 6.24. The van der Waals surface area contributed by atoms with Gasteiger partial charge in [-0.3, -0.25) is 0 Å². The first-order valence-corrected chi connectivity index (χ1v) is 6.24. The van der Waals surface area contributed by atoms with Crippen LogP contribution in [0.2, 0.25) is 0 Å². The molecule has 0 N–H and O–H groups in total. The lowest BCUT2D eigenvalue weighted by Gasteiger charge is -2.41. The van der Waals surface area contributed by atoms with Gasteiger partial charge in [0, 0.05) is 0 Å². The number of rotatable bonds is 3. The Balaban J connectivity index is 2.60. The van der Waals surface area contributed by atoms with Gasteiger partial charge in [0.15, 0.2) is 0 Å². The lowest BCUT2D eigenvalue weighted by Crippen LogP contribution is -2.32. The van der Waals surface area contributed by atoms with E-state index in [0.29, 0.717) is 5.41 Å². The van der Waals surface area contributed by atoms with E-state index in [2.05, 4.69) is 39.8 Å². The van der Waals surface area contributed by atoms with Crippen molar-refractivity contribution in [2.45, 2.75) is 59.8 Å². The van der Waals surface area contributed by atoms with Crippen molar-refractivity contribution >= 4 is 0 Å². The van der Waals surface area contributed by atoms with E-state index >= 15 is 0 Å². The maximum absolute atomic E-state index is 2.49. The molecule has 0 heteroatoms. The van der Waals surface area contributed by atoms with Crippen LogP contribution in [0.5, 0.6) is 0 Å². The molecule has 0 aromatic carbocycles. The smallest absolute Gasteiger partial charge is 0.0156 e. The zero-order chi connectivity index (χ0) is 10.6. The molecule has 82 valence electrons. The molecule has 0 spiro atoms. The van der Waals surface area contributed by atoms with Crippen molar-refractivity contribution in [2.24, 2.45) is 17.3 Å². The standard InChI is InChI=1S/C14H26/c1-5-6-7-10-13-12(2)9-8-11-14(13,3)4/h7,10,12-13H,5-6,8-9,11H2,1-4H3. The van der Waals surface area contributed by atoms with Gasteiger partial charge < -0.3 is 0 Å². The van der Waals surface area contributed by atoms with Crippen LogP contribution in [0.3, 0.4) is 0 Å². The molecule has 0 saturated heterocycles. The fourth-order valence-corrected chi connectivity index (χ4v) is 2.86. The Morgan fingerprint density at radius 2 is 2.07 bits per heavy atom. The van der Waals surface area contributed by atoms with Gasteiger partial charge >= 0.3 is 0 Å². The molecule has 0 nitrogen and oxygen atoms in total. The molecule has 1 rings (SSSR count). The van der Waals surface area contributed by atoms with E-state index < -0.39 is 0 Å². The van der Waals surface area contributed by atoms with Gasteiger partial charge in [-0.2, -0.15) is 0 Å². The second-order valence-corrected chi connectivity index (χ2v) is 5.60. The highest BCUT2D eigenvalue weighted by Gasteiger charge is 2.34. The molecule has 0 aliphatic heterocycles. The van der Waals surface area contributed by atoms with Crippen molar-refractivity contribution < 1.29 is 0 Å². The molecule has 1 fully saturated rings. The minimum atomic E-state index is 0.530. The highest BCUT2D eigenvalue weighted by molar-refractivity contribution is 4.99. The van der Waals surface area contributed by atoms with E-state index in [4.69, 9.17) is 0 Å². The maximum Gasteiger partial charge on any atom is -0.0156 e. The van der Waals surface area contributed by atoms with Gasteiger partial charge in [-0.25, -0.2) is 0 Å². The van der Waals surface area contributed by atoms with Crippen LogP contribution in [0.4, 0.5) is 0 Å². The van der Waals surface area contributed by atoms with Crippen LogP contribution in [-0.4, -0.2) is 0 Å². The molecule has 0 radical (unpaired) electrons. The zero-order valence-electron chi connectivity index (χ0n) is 10.3. The average molecular weight is 194 g/mol. The molecule has 0 aromatic heterocycles. The SMILES string of the molecule is CCCC=CC1C(C)CCCC1(C)C. The molecule has 2 atom stereocenters. The Hall–Kier alpha value is -0.260. The summed E-state index contributed by atoms with van der Waals surface area (Å²) in [5.74, 6) is 1.69. The Bertz CT molecular complexity index is 188. The summed E-state index contributed by atoms with van der Waals surface area (Å²) in [6.45, 7) is 9.54. The van der Waals surface area contributed by atoms with Crippen molar-refractivity contribution in [3.05, 3.63) is 12.2 Å². The van der Waals surface area contributed by atoms with Crippen molar-refractivity contribution in [2.75, 3.05) is 0 Å². The van der Waals surface area contributed by atoms with Crippen LogP contribution < -0.4 is 0 Å². The van der Waals surface area contributed by atoms with Gasteiger partial charge in [0.25, 0.3) is 0 Å². The van der Waals surface area contributed by atoms with Crippen LogP contribution in [0.25, 0.3) is 0 Å². The Morgan fingerprint density at radius 1 is 1.36 bits per heavy atom. The van der Waals surface area contributed by atoms with Crippen LogP contribution in [0.1, 0.15) is 59.8 Å². The van der Waals surface area contributed by atoms with Gasteiger partial charge in [0.05, 0.1) is 0 Å². The molecular weight excluding hydrogens is 168 g/mol. The van der Waals surface area contributed by atoms with E-state index in [1.807, 2.05) is 0 Å². The summed E-state index contributed by atoms with van der Waals surface area (Å²) in [5, 5.41) is 0. The first kappa shape index (κ1) is 11.8. The van der Waals surface area contributed by atoms with E-state index in [1.54, 1.807) is 0 Å². The van der Waals surface area contributed by atoms with E-state index in [1.165, 1.54) is 32.1 Å². The molecule has 1 saturated carbocycles. The van der Waals surface area contributed by atoms with E-state index in [-0.39, 0.29) is 0 Å². The van der Waals surface area contributed by atoms with Crippen LogP contribution in [0, 0.1) is 17.3 Å². The fourth-order valence-electron chi connectivity index (χ4n) is 2.86. The summed E-state index contributed by atoms with van der Waals surface area (Å²) in [6.07, 6.45) is 11.7. The predicted octanol–water partition coefficient (Wildman–Crippen LogP) is 4.81. The second kappa shape index (κ2) is 5.00. The highest BCUT2D eigenvalue weighted by atomic mass is 14.4. The third-order valence-electron chi connectivity index (χ3n) is 3.79. The van der Waals surface area contributed by atoms with Crippen LogP contribution >= 0.6 is 0 Å².